The Balaban J connectivity index is 1.65. The van der Waals surface area contributed by atoms with E-state index in [-0.39, 0.29) is 24.2 Å². The number of hydrogen-bond acceptors (Lipinski definition) is 6. The zero-order chi connectivity index (χ0) is 20.3. The highest BCUT2D eigenvalue weighted by Gasteiger charge is 2.33. The molecule has 2 unspecified atom stereocenters. The summed E-state index contributed by atoms with van der Waals surface area (Å²) in [5.41, 5.74) is 3.45. The maximum atomic E-state index is 12.0. The predicted octanol–water partition coefficient (Wildman–Crippen LogP) is 3.10. The minimum absolute atomic E-state index is 0.0534. The lowest BCUT2D eigenvalue weighted by molar-refractivity contribution is 0.0528. The number of rotatable bonds is 8. The van der Waals surface area contributed by atoms with Crippen molar-refractivity contribution in [3.63, 3.8) is 0 Å². The van der Waals surface area contributed by atoms with E-state index in [4.69, 9.17) is 4.74 Å². The Kier molecular flexibility index (Phi) is 6.81. The van der Waals surface area contributed by atoms with E-state index in [0.717, 1.165) is 16.9 Å². The van der Waals surface area contributed by atoms with Crippen LogP contribution in [0.1, 0.15) is 28.0 Å². The van der Waals surface area contributed by atoms with Crippen LogP contribution in [0, 0.1) is 20.8 Å². The van der Waals surface area contributed by atoms with E-state index in [1.54, 1.807) is 11.3 Å². The summed E-state index contributed by atoms with van der Waals surface area (Å²) in [6.07, 6.45) is -0.0680. The Morgan fingerprint density at radius 3 is 2.54 bits per heavy atom. The summed E-state index contributed by atoms with van der Waals surface area (Å²) in [5.74, 6) is 1.15. The monoisotopic (exact) mass is 423 g/mol. The van der Waals surface area contributed by atoms with Crippen LogP contribution < -0.4 is 4.74 Å². The summed E-state index contributed by atoms with van der Waals surface area (Å²) in [6.45, 7) is 7.33. The lowest BCUT2D eigenvalue weighted by atomic mass is 10.1. The van der Waals surface area contributed by atoms with Gasteiger partial charge in [0.15, 0.2) is 9.84 Å². The van der Waals surface area contributed by atoms with Crippen LogP contribution in [0.4, 0.5) is 0 Å². The van der Waals surface area contributed by atoms with Gasteiger partial charge in [-0.25, -0.2) is 8.42 Å². The van der Waals surface area contributed by atoms with Gasteiger partial charge in [0.25, 0.3) is 0 Å². The van der Waals surface area contributed by atoms with Crippen LogP contribution in [0.3, 0.4) is 0 Å². The van der Waals surface area contributed by atoms with Crippen LogP contribution in [0.25, 0.3) is 0 Å². The molecule has 1 fully saturated rings. The number of thiophene rings is 1. The molecule has 7 heteroatoms. The van der Waals surface area contributed by atoms with Gasteiger partial charge in [-0.2, -0.15) is 0 Å². The molecule has 0 amide bonds. The van der Waals surface area contributed by atoms with Crippen molar-refractivity contribution in [2.45, 2.75) is 45.9 Å². The van der Waals surface area contributed by atoms with Crippen LogP contribution in [0.2, 0.25) is 0 Å². The Morgan fingerprint density at radius 1 is 1.25 bits per heavy atom. The summed E-state index contributed by atoms with van der Waals surface area (Å²) in [5, 5.41) is 12.6. The molecule has 28 heavy (non-hydrogen) atoms. The molecule has 1 saturated heterocycles. The zero-order valence-corrected chi connectivity index (χ0v) is 18.4. The molecule has 0 bridgehead atoms. The van der Waals surface area contributed by atoms with Crippen LogP contribution >= 0.6 is 11.3 Å². The fourth-order valence-corrected chi connectivity index (χ4v) is 6.38. The van der Waals surface area contributed by atoms with Crippen LogP contribution in [0.5, 0.6) is 5.75 Å². The van der Waals surface area contributed by atoms with Gasteiger partial charge in [-0.1, -0.05) is 6.07 Å². The first-order valence-electron chi connectivity index (χ1n) is 9.58. The first-order chi connectivity index (χ1) is 13.2. The third-order valence-electron chi connectivity index (χ3n) is 5.12. The van der Waals surface area contributed by atoms with E-state index in [9.17, 15) is 13.5 Å². The van der Waals surface area contributed by atoms with Gasteiger partial charge < -0.3 is 9.84 Å². The van der Waals surface area contributed by atoms with E-state index in [1.165, 1.54) is 10.4 Å². The van der Waals surface area contributed by atoms with Gasteiger partial charge >= 0.3 is 0 Å². The number of ether oxygens (including phenoxy) is 1. The first kappa shape index (κ1) is 21.3. The van der Waals surface area contributed by atoms with Crippen molar-refractivity contribution in [1.82, 2.24) is 4.90 Å². The maximum Gasteiger partial charge on any atom is 0.151 e. The Hall–Kier alpha value is -1.41. The summed E-state index contributed by atoms with van der Waals surface area (Å²) < 4.78 is 29.7. The molecule has 2 heterocycles. The highest BCUT2D eigenvalue weighted by Crippen LogP contribution is 2.24. The summed E-state index contributed by atoms with van der Waals surface area (Å²) in [7, 11) is -2.98. The molecule has 2 atom stereocenters. The van der Waals surface area contributed by atoms with E-state index in [1.807, 2.05) is 31.4 Å². The predicted molar refractivity (Wildman–Crippen MR) is 114 cm³/mol. The van der Waals surface area contributed by atoms with Gasteiger partial charge in [0.05, 0.1) is 11.5 Å². The van der Waals surface area contributed by atoms with E-state index >= 15 is 0 Å². The van der Waals surface area contributed by atoms with E-state index < -0.39 is 15.9 Å². The molecule has 0 saturated carbocycles. The third-order valence-corrected chi connectivity index (χ3v) is 7.88. The topological polar surface area (TPSA) is 66.8 Å². The second-order valence-electron chi connectivity index (χ2n) is 7.80. The van der Waals surface area contributed by atoms with E-state index in [0.29, 0.717) is 19.5 Å². The Morgan fingerprint density at radius 2 is 1.96 bits per heavy atom. The molecule has 5 nitrogen and oxygen atoms in total. The van der Waals surface area contributed by atoms with Crippen LogP contribution in [0.15, 0.2) is 29.6 Å². The molecule has 1 N–H and O–H groups in total. The van der Waals surface area contributed by atoms with Crippen molar-refractivity contribution in [3.05, 3.63) is 51.2 Å². The standard InChI is InChI=1S/C21H29NO4S2/c1-15-8-16(2)10-20(9-15)26-13-19(23)11-22(12-21-17(3)4-6-27-21)18-5-7-28(24,25)14-18/h4,6,8-10,18-19,23H,5,7,11-14H2,1-3H3. The Bertz CT molecular complexity index is 887. The van der Waals surface area contributed by atoms with Gasteiger partial charge in [0, 0.05) is 24.0 Å². The SMILES string of the molecule is Cc1cc(C)cc(OCC(O)CN(Cc2sccc2C)C2CCS(=O)(=O)C2)c1. The molecule has 0 aliphatic carbocycles. The summed E-state index contributed by atoms with van der Waals surface area (Å²) in [6, 6.07) is 8.01. The highest BCUT2D eigenvalue weighted by atomic mass is 32.2. The molecule has 3 rings (SSSR count). The molecule has 154 valence electrons. The minimum atomic E-state index is -2.98. The number of sulfone groups is 1. The zero-order valence-electron chi connectivity index (χ0n) is 16.7. The molecule has 0 radical (unpaired) electrons. The molecular weight excluding hydrogens is 394 g/mol. The third kappa shape index (κ3) is 5.80. The van der Waals surface area contributed by atoms with Crippen molar-refractivity contribution in [1.29, 1.82) is 0 Å². The minimum Gasteiger partial charge on any atom is -0.491 e. The highest BCUT2D eigenvalue weighted by molar-refractivity contribution is 7.91. The maximum absolute atomic E-state index is 12.0. The van der Waals surface area contributed by atoms with Gasteiger partial charge in [-0.05, 0) is 67.5 Å². The van der Waals surface area contributed by atoms with E-state index in [2.05, 4.69) is 24.0 Å². The van der Waals surface area contributed by atoms with Gasteiger partial charge in [-0.3, -0.25) is 4.90 Å². The van der Waals surface area contributed by atoms with Crippen LogP contribution in [-0.4, -0.2) is 55.2 Å². The molecule has 1 aromatic carbocycles. The van der Waals surface area contributed by atoms with Crippen molar-refractivity contribution in [2.24, 2.45) is 0 Å². The number of nitrogens with zero attached hydrogens (tertiary/aromatic N) is 1. The summed E-state index contributed by atoms with van der Waals surface area (Å²) in [4.78, 5) is 3.32. The van der Waals surface area contributed by atoms with Crippen molar-refractivity contribution >= 4 is 21.2 Å². The fraction of sp³-hybridized carbons (Fsp3) is 0.524. The van der Waals surface area contributed by atoms with Gasteiger partial charge in [-0.15, -0.1) is 11.3 Å². The lowest BCUT2D eigenvalue weighted by Gasteiger charge is -2.30. The number of aliphatic hydroxyl groups is 1. The second kappa shape index (κ2) is 8.95. The fourth-order valence-electron chi connectivity index (χ4n) is 3.69. The lowest BCUT2D eigenvalue weighted by Crippen LogP contribution is -2.42. The quantitative estimate of drug-likeness (QED) is 0.707. The Labute approximate surface area is 171 Å². The van der Waals surface area contributed by atoms with Crippen LogP contribution in [-0.2, 0) is 16.4 Å². The first-order valence-corrected chi connectivity index (χ1v) is 12.3. The second-order valence-corrected chi connectivity index (χ2v) is 11.0. The average Bonchev–Trinajstić information content (AvgIpc) is 3.17. The molecule has 1 aromatic heterocycles. The van der Waals surface area contributed by atoms with Gasteiger partial charge in [0.1, 0.15) is 18.5 Å². The largest absolute Gasteiger partial charge is 0.491 e. The normalized spacial score (nSPS) is 19.8. The average molecular weight is 424 g/mol. The number of aliphatic hydroxyl groups excluding tert-OH is 1. The molecule has 1 aliphatic rings. The molecule has 2 aromatic rings. The van der Waals surface area contributed by atoms with Crippen molar-refractivity contribution < 1.29 is 18.3 Å². The molecule has 1 aliphatic heterocycles. The molecule has 0 spiro atoms. The van der Waals surface area contributed by atoms with Gasteiger partial charge in [0.2, 0.25) is 0 Å². The van der Waals surface area contributed by atoms with Crippen molar-refractivity contribution in [3.8, 4) is 5.75 Å². The number of benzene rings is 1. The number of aryl methyl sites for hydroxylation is 3. The number of hydrogen-bond donors (Lipinski definition) is 1. The van der Waals surface area contributed by atoms with Crippen molar-refractivity contribution in [2.75, 3.05) is 24.7 Å². The molecular formula is C21H29NO4S2. The smallest absolute Gasteiger partial charge is 0.151 e. The summed E-state index contributed by atoms with van der Waals surface area (Å²) >= 11 is 1.67.